The van der Waals surface area contributed by atoms with E-state index in [1.165, 1.54) is 12.1 Å². The zero-order chi connectivity index (χ0) is 18.1. The van der Waals surface area contributed by atoms with Gasteiger partial charge in [-0.2, -0.15) is 10.2 Å². The molecule has 8 heteroatoms. The van der Waals surface area contributed by atoms with Crippen molar-refractivity contribution in [1.82, 2.24) is 9.38 Å². The Kier molecular flexibility index (Phi) is 4.31. The number of hydrogen-bond donors (Lipinski definition) is 2. The highest BCUT2D eigenvalue weighted by molar-refractivity contribution is 7.15. The van der Waals surface area contributed by atoms with Crippen molar-refractivity contribution in [1.29, 1.82) is 0 Å². The van der Waals surface area contributed by atoms with Crippen LogP contribution in [0.3, 0.4) is 0 Å². The molecule has 0 aliphatic heterocycles. The quantitative estimate of drug-likeness (QED) is 0.420. The minimum atomic E-state index is -0.966. The van der Waals surface area contributed by atoms with Gasteiger partial charge in [-0.15, -0.1) is 21.6 Å². The topological polar surface area (TPSA) is 89.8 Å². The summed E-state index contributed by atoms with van der Waals surface area (Å²) in [6.07, 6.45) is 0. The van der Waals surface area contributed by atoms with Crippen LogP contribution in [-0.4, -0.2) is 14.6 Å². The second kappa shape index (κ2) is 6.77. The lowest BCUT2D eigenvalue weighted by Crippen LogP contribution is -2.99. The Labute approximate surface area is 153 Å². The van der Waals surface area contributed by atoms with Crippen LogP contribution in [0.1, 0.15) is 5.69 Å². The molecule has 130 valence electrons. The summed E-state index contributed by atoms with van der Waals surface area (Å²) in [6, 6.07) is 16.4. The summed E-state index contributed by atoms with van der Waals surface area (Å²) in [5, 5.41) is 29.4. The molecule has 4 aromatic rings. The highest BCUT2D eigenvalue weighted by Crippen LogP contribution is 2.32. The van der Waals surface area contributed by atoms with E-state index in [1.807, 2.05) is 25.1 Å². The molecule has 2 heterocycles. The fourth-order valence-electron chi connectivity index (χ4n) is 2.67. The van der Waals surface area contributed by atoms with Crippen molar-refractivity contribution in [2.75, 3.05) is 0 Å². The Morgan fingerprint density at radius 2 is 1.81 bits per heavy atom. The maximum absolute atomic E-state index is 10.9. The van der Waals surface area contributed by atoms with Crippen LogP contribution >= 0.6 is 11.3 Å². The molecule has 0 bridgehead atoms. The number of thiazole rings is 1. The van der Waals surface area contributed by atoms with Gasteiger partial charge in [0.2, 0.25) is 0 Å². The average Bonchev–Trinajstić information content (AvgIpc) is 3.21. The molecule has 0 radical (unpaired) electrons. The van der Waals surface area contributed by atoms with Crippen molar-refractivity contribution < 1.29 is 10.4 Å². The van der Waals surface area contributed by atoms with E-state index in [9.17, 15) is 5.21 Å². The largest absolute Gasteiger partial charge is 0.595 e. The van der Waals surface area contributed by atoms with Crippen molar-refractivity contribution >= 4 is 33.5 Å². The van der Waals surface area contributed by atoms with E-state index < -0.39 is 5.23 Å². The van der Waals surface area contributed by atoms with Crippen LogP contribution in [-0.2, 0) is 0 Å². The van der Waals surface area contributed by atoms with Crippen LogP contribution in [0.5, 0.6) is 0 Å². The van der Waals surface area contributed by atoms with Crippen LogP contribution in [0.25, 0.3) is 16.2 Å². The standard InChI is InChI=1S/C18H15N5O2S/c1-12-17(21-20-14-7-9-15(10-8-14)23(24)25)19-18-22(12)16(11-26-18)13-5-3-2-4-6-13/h2-11,23-24H,1H3. The van der Waals surface area contributed by atoms with Gasteiger partial charge in [0.15, 0.2) is 16.5 Å². The molecule has 0 fully saturated rings. The minimum absolute atomic E-state index is 0.218. The van der Waals surface area contributed by atoms with Gasteiger partial charge in [0.1, 0.15) is 0 Å². The summed E-state index contributed by atoms with van der Waals surface area (Å²) >= 11 is 1.56. The first-order chi connectivity index (χ1) is 12.6. The first-order valence-electron chi connectivity index (χ1n) is 7.90. The summed E-state index contributed by atoms with van der Waals surface area (Å²) in [5.41, 5.74) is 3.89. The van der Waals surface area contributed by atoms with Crippen LogP contribution in [0.4, 0.5) is 17.2 Å². The number of fused-ring (bicyclic) bond motifs is 1. The number of aryl methyl sites for hydroxylation is 1. The Balaban J connectivity index is 1.67. The molecule has 4 rings (SSSR count). The Morgan fingerprint density at radius 3 is 2.50 bits per heavy atom. The zero-order valence-electron chi connectivity index (χ0n) is 13.8. The van der Waals surface area contributed by atoms with Gasteiger partial charge >= 0.3 is 0 Å². The fourth-order valence-corrected chi connectivity index (χ4v) is 3.60. The number of aromatic nitrogens is 2. The predicted octanol–water partition coefficient (Wildman–Crippen LogP) is 4.19. The van der Waals surface area contributed by atoms with Crippen molar-refractivity contribution in [3.8, 4) is 11.3 Å². The van der Waals surface area contributed by atoms with Gasteiger partial charge in [-0.1, -0.05) is 30.3 Å². The van der Waals surface area contributed by atoms with Crippen LogP contribution in [0.2, 0.25) is 0 Å². The fraction of sp³-hybridized carbons (Fsp3) is 0.0556. The molecule has 0 saturated heterocycles. The van der Waals surface area contributed by atoms with Crippen LogP contribution in [0, 0.1) is 12.1 Å². The van der Waals surface area contributed by atoms with E-state index in [1.54, 1.807) is 23.5 Å². The third-order valence-corrected chi connectivity index (χ3v) is 4.84. The monoisotopic (exact) mass is 365 g/mol. The number of hydrogen-bond acceptors (Lipinski definition) is 6. The van der Waals surface area contributed by atoms with Crippen molar-refractivity contribution in [2.45, 2.75) is 6.92 Å². The molecule has 2 aromatic heterocycles. The van der Waals surface area contributed by atoms with Gasteiger partial charge in [0, 0.05) is 17.5 Å². The molecule has 26 heavy (non-hydrogen) atoms. The highest BCUT2D eigenvalue weighted by atomic mass is 32.1. The number of nitrogens with zero attached hydrogens (tertiary/aromatic N) is 4. The molecule has 0 spiro atoms. The summed E-state index contributed by atoms with van der Waals surface area (Å²) < 4.78 is 2.07. The number of rotatable bonds is 4. The summed E-state index contributed by atoms with van der Waals surface area (Å²) in [5.74, 6) is 0.552. The third kappa shape index (κ3) is 3.02. The third-order valence-electron chi connectivity index (χ3n) is 4.01. The van der Waals surface area contributed by atoms with Crippen molar-refractivity contribution in [2.24, 2.45) is 10.2 Å². The predicted molar refractivity (Wildman–Crippen MR) is 99.6 cm³/mol. The smallest absolute Gasteiger partial charge is 0.196 e. The second-order valence-electron chi connectivity index (χ2n) is 5.68. The van der Waals surface area contributed by atoms with Gasteiger partial charge in [-0.3, -0.25) is 4.40 Å². The van der Waals surface area contributed by atoms with Crippen LogP contribution in [0.15, 0.2) is 70.2 Å². The first kappa shape index (κ1) is 16.6. The molecular weight excluding hydrogens is 350 g/mol. The SMILES string of the molecule is Cc1c(N=Nc2ccc([NH+]([O-])O)cc2)nc2scc(-c3ccccc3)n12. The Morgan fingerprint density at radius 1 is 1.08 bits per heavy atom. The van der Waals surface area contributed by atoms with E-state index in [2.05, 4.69) is 37.1 Å². The van der Waals surface area contributed by atoms with Gasteiger partial charge < -0.3 is 5.21 Å². The average molecular weight is 365 g/mol. The summed E-state index contributed by atoms with van der Waals surface area (Å²) in [4.78, 5) is 5.40. The Hall–Kier alpha value is -2.91. The lowest BCUT2D eigenvalue weighted by atomic mass is 10.2. The molecule has 2 aromatic carbocycles. The van der Waals surface area contributed by atoms with Gasteiger partial charge in [-0.05, 0) is 24.6 Å². The molecule has 2 N–H and O–H groups in total. The molecular formula is C18H15N5O2S. The lowest BCUT2D eigenvalue weighted by Gasteiger charge is -2.10. The van der Waals surface area contributed by atoms with Gasteiger partial charge in [0.05, 0.1) is 17.1 Å². The number of quaternary nitrogens is 1. The highest BCUT2D eigenvalue weighted by Gasteiger charge is 2.14. The van der Waals surface area contributed by atoms with E-state index in [0.717, 1.165) is 21.9 Å². The summed E-state index contributed by atoms with van der Waals surface area (Å²) in [6.45, 7) is 1.96. The van der Waals surface area contributed by atoms with Gasteiger partial charge in [-0.25, -0.2) is 5.21 Å². The number of imidazole rings is 1. The maximum Gasteiger partial charge on any atom is 0.196 e. The van der Waals surface area contributed by atoms with Crippen molar-refractivity contribution in [3.63, 3.8) is 0 Å². The van der Waals surface area contributed by atoms with Gasteiger partial charge in [0.25, 0.3) is 0 Å². The van der Waals surface area contributed by atoms with Crippen LogP contribution < -0.4 is 5.23 Å². The molecule has 1 atom stereocenters. The lowest BCUT2D eigenvalue weighted by molar-refractivity contribution is -0.991. The maximum atomic E-state index is 10.9. The number of nitrogens with one attached hydrogen (secondary N) is 1. The van der Waals surface area contributed by atoms with E-state index in [4.69, 9.17) is 5.21 Å². The molecule has 0 aliphatic rings. The first-order valence-corrected chi connectivity index (χ1v) is 8.78. The zero-order valence-corrected chi connectivity index (χ0v) is 14.6. The molecule has 0 aliphatic carbocycles. The molecule has 7 nitrogen and oxygen atoms in total. The molecule has 1 unspecified atom stereocenters. The van der Waals surface area contributed by atoms with E-state index in [0.29, 0.717) is 11.5 Å². The minimum Gasteiger partial charge on any atom is -0.595 e. The molecule has 0 amide bonds. The summed E-state index contributed by atoms with van der Waals surface area (Å²) in [7, 11) is 0. The number of azo groups is 1. The second-order valence-corrected chi connectivity index (χ2v) is 6.51. The van der Waals surface area contributed by atoms with E-state index in [-0.39, 0.29) is 5.69 Å². The van der Waals surface area contributed by atoms with Crippen molar-refractivity contribution in [3.05, 3.63) is 70.9 Å². The Bertz CT molecular complexity index is 1070. The van der Waals surface area contributed by atoms with E-state index >= 15 is 0 Å². The molecule has 0 saturated carbocycles. The number of benzene rings is 2. The normalized spacial score (nSPS) is 12.9.